The van der Waals surface area contributed by atoms with Crippen molar-refractivity contribution in [1.29, 1.82) is 0 Å². The summed E-state index contributed by atoms with van der Waals surface area (Å²) in [6.07, 6.45) is 4.92. The largest absolute Gasteiger partial charge is 0.357 e. The third-order valence-electron chi connectivity index (χ3n) is 4.45. The number of likely N-dealkylation sites (tertiary alicyclic amines) is 1. The lowest BCUT2D eigenvalue weighted by atomic mass is 10.1. The Bertz CT molecular complexity index is 578. The van der Waals surface area contributed by atoms with Gasteiger partial charge in [0.05, 0.1) is 5.52 Å². The molecule has 0 unspecified atom stereocenters. The van der Waals surface area contributed by atoms with E-state index in [4.69, 9.17) is 0 Å². The predicted molar refractivity (Wildman–Crippen MR) is 70.6 cm³/mol. The highest BCUT2D eigenvalue weighted by atomic mass is 15.3. The minimum absolute atomic E-state index is 0.699. The van der Waals surface area contributed by atoms with Crippen molar-refractivity contribution in [2.24, 2.45) is 5.92 Å². The van der Waals surface area contributed by atoms with Gasteiger partial charge in [-0.25, -0.2) is 9.97 Å². The number of rotatable bonds is 1. The first-order valence-corrected chi connectivity index (χ1v) is 6.56. The summed E-state index contributed by atoms with van der Waals surface area (Å²) in [5.74, 6) is 1.86. The Morgan fingerprint density at radius 3 is 3.17 bits per heavy atom. The molecule has 1 N–H and O–H groups in total. The van der Waals surface area contributed by atoms with Crippen molar-refractivity contribution in [3.05, 3.63) is 18.6 Å². The maximum absolute atomic E-state index is 4.48. The van der Waals surface area contributed by atoms with Crippen LogP contribution in [0.3, 0.4) is 0 Å². The Kier molecular flexibility index (Phi) is 2.11. The van der Waals surface area contributed by atoms with Crippen LogP contribution in [0.25, 0.3) is 11.0 Å². The topological polar surface area (TPSA) is 48.1 Å². The van der Waals surface area contributed by atoms with E-state index in [2.05, 4.69) is 31.8 Å². The summed E-state index contributed by atoms with van der Waals surface area (Å²) in [5, 5.41) is 0. The molecule has 2 saturated heterocycles. The smallest absolute Gasteiger partial charge is 0.156 e. The standard InChI is InChI=1S/C13H17N5/c1-17-5-3-9-6-18(7-11(9)17)13-12-10(2-4-14-12)15-8-16-13/h2,4,8-9,11,14H,3,5-7H2,1H3/t9-,11+/m0/s1. The minimum atomic E-state index is 0.699. The first kappa shape index (κ1) is 10.3. The van der Waals surface area contributed by atoms with Gasteiger partial charge in [-0.05, 0) is 32.0 Å². The monoisotopic (exact) mass is 243 g/mol. The average molecular weight is 243 g/mol. The number of fused-ring (bicyclic) bond motifs is 2. The third kappa shape index (κ3) is 1.37. The number of likely N-dealkylation sites (N-methyl/N-ethyl adjacent to an activating group) is 1. The first-order chi connectivity index (χ1) is 8.83. The highest BCUT2D eigenvalue weighted by molar-refractivity contribution is 5.86. The van der Waals surface area contributed by atoms with E-state index in [1.54, 1.807) is 6.33 Å². The Morgan fingerprint density at radius 2 is 2.28 bits per heavy atom. The summed E-state index contributed by atoms with van der Waals surface area (Å²) in [6, 6.07) is 2.70. The summed E-state index contributed by atoms with van der Waals surface area (Å²) >= 11 is 0. The van der Waals surface area contributed by atoms with E-state index in [9.17, 15) is 0 Å². The van der Waals surface area contributed by atoms with Gasteiger partial charge in [0, 0.05) is 25.3 Å². The molecule has 0 aliphatic carbocycles. The van der Waals surface area contributed by atoms with Crippen LogP contribution < -0.4 is 4.90 Å². The molecule has 0 bridgehead atoms. The summed E-state index contributed by atoms with van der Waals surface area (Å²) < 4.78 is 0. The van der Waals surface area contributed by atoms with Crippen LogP contribution in [0.15, 0.2) is 18.6 Å². The number of aromatic amines is 1. The van der Waals surface area contributed by atoms with E-state index in [0.29, 0.717) is 6.04 Å². The van der Waals surface area contributed by atoms with Crippen LogP contribution in [-0.4, -0.2) is 52.6 Å². The molecule has 0 amide bonds. The molecule has 4 rings (SSSR count). The molecule has 2 aromatic heterocycles. The average Bonchev–Trinajstić information content (AvgIpc) is 3.06. The fourth-order valence-electron chi connectivity index (χ4n) is 3.44. The molecule has 5 nitrogen and oxygen atoms in total. The molecule has 2 aliphatic rings. The van der Waals surface area contributed by atoms with E-state index < -0.39 is 0 Å². The molecule has 5 heteroatoms. The quantitative estimate of drug-likeness (QED) is 0.814. The number of aromatic nitrogens is 3. The Labute approximate surface area is 106 Å². The van der Waals surface area contributed by atoms with Gasteiger partial charge < -0.3 is 14.8 Å². The predicted octanol–water partition coefficient (Wildman–Crippen LogP) is 1.10. The van der Waals surface area contributed by atoms with Crippen LogP contribution in [0.4, 0.5) is 5.82 Å². The second-order valence-electron chi connectivity index (χ2n) is 5.44. The molecule has 94 valence electrons. The molecule has 2 aromatic rings. The molecule has 2 fully saturated rings. The molecule has 0 aromatic carbocycles. The number of hydrogen-bond acceptors (Lipinski definition) is 4. The van der Waals surface area contributed by atoms with Crippen molar-refractivity contribution in [2.45, 2.75) is 12.5 Å². The third-order valence-corrected chi connectivity index (χ3v) is 4.45. The number of anilines is 1. The normalized spacial score (nSPS) is 28.2. The molecule has 0 spiro atoms. The van der Waals surface area contributed by atoms with E-state index in [-0.39, 0.29) is 0 Å². The van der Waals surface area contributed by atoms with E-state index in [1.807, 2.05) is 12.3 Å². The number of hydrogen-bond donors (Lipinski definition) is 1. The van der Waals surface area contributed by atoms with Crippen molar-refractivity contribution in [3.63, 3.8) is 0 Å². The van der Waals surface area contributed by atoms with E-state index in [1.165, 1.54) is 13.0 Å². The number of H-pyrrole nitrogens is 1. The zero-order chi connectivity index (χ0) is 12.1. The van der Waals surface area contributed by atoms with Gasteiger partial charge in [0.2, 0.25) is 0 Å². The minimum Gasteiger partial charge on any atom is -0.357 e. The molecular weight excluding hydrogens is 226 g/mol. The lowest BCUT2D eigenvalue weighted by Gasteiger charge is -2.21. The van der Waals surface area contributed by atoms with Crippen LogP contribution in [0.2, 0.25) is 0 Å². The zero-order valence-electron chi connectivity index (χ0n) is 10.5. The van der Waals surface area contributed by atoms with Gasteiger partial charge in [-0.3, -0.25) is 0 Å². The second-order valence-corrected chi connectivity index (χ2v) is 5.44. The Hall–Kier alpha value is -1.62. The van der Waals surface area contributed by atoms with Crippen molar-refractivity contribution < 1.29 is 0 Å². The molecule has 2 aliphatic heterocycles. The van der Waals surface area contributed by atoms with Crippen molar-refractivity contribution in [1.82, 2.24) is 19.9 Å². The molecule has 18 heavy (non-hydrogen) atoms. The lowest BCUT2D eigenvalue weighted by Crippen LogP contribution is -2.32. The lowest BCUT2D eigenvalue weighted by molar-refractivity contribution is 0.310. The summed E-state index contributed by atoms with van der Waals surface area (Å²) in [4.78, 5) is 16.9. The van der Waals surface area contributed by atoms with Crippen molar-refractivity contribution in [3.8, 4) is 0 Å². The highest BCUT2D eigenvalue weighted by Crippen LogP contribution is 2.34. The maximum Gasteiger partial charge on any atom is 0.156 e. The van der Waals surface area contributed by atoms with Gasteiger partial charge in [-0.2, -0.15) is 0 Å². The summed E-state index contributed by atoms with van der Waals surface area (Å²) in [5.41, 5.74) is 2.07. The van der Waals surface area contributed by atoms with Crippen LogP contribution in [0.5, 0.6) is 0 Å². The molecule has 0 saturated carbocycles. The van der Waals surface area contributed by atoms with Crippen LogP contribution in [0, 0.1) is 5.92 Å². The summed E-state index contributed by atoms with van der Waals surface area (Å²) in [7, 11) is 2.23. The van der Waals surface area contributed by atoms with Gasteiger partial charge in [-0.15, -0.1) is 0 Å². The molecule has 0 radical (unpaired) electrons. The van der Waals surface area contributed by atoms with E-state index in [0.717, 1.165) is 35.9 Å². The van der Waals surface area contributed by atoms with Crippen LogP contribution in [0.1, 0.15) is 6.42 Å². The zero-order valence-corrected chi connectivity index (χ0v) is 10.5. The number of nitrogens with zero attached hydrogens (tertiary/aromatic N) is 4. The molecular formula is C13H17N5. The molecule has 2 atom stereocenters. The van der Waals surface area contributed by atoms with Gasteiger partial charge in [0.25, 0.3) is 0 Å². The van der Waals surface area contributed by atoms with Crippen molar-refractivity contribution >= 4 is 16.9 Å². The Morgan fingerprint density at radius 1 is 1.33 bits per heavy atom. The SMILES string of the molecule is CN1CC[C@H]2CN(c3ncnc4cc[nH]c34)C[C@H]21. The van der Waals surface area contributed by atoms with Crippen LogP contribution in [-0.2, 0) is 0 Å². The Balaban J connectivity index is 1.70. The second kappa shape index (κ2) is 3.68. The van der Waals surface area contributed by atoms with E-state index >= 15 is 0 Å². The van der Waals surface area contributed by atoms with Crippen LogP contribution >= 0.6 is 0 Å². The first-order valence-electron chi connectivity index (χ1n) is 6.56. The maximum atomic E-state index is 4.48. The molecule has 4 heterocycles. The van der Waals surface area contributed by atoms with Crippen molar-refractivity contribution in [2.75, 3.05) is 31.6 Å². The van der Waals surface area contributed by atoms with Gasteiger partial charge in [-0.1, -0.05) is 0 Å². The number of nitrogens with one attached hydrogen (secondary N) is 1. The van der Waals surface area contributed by atoms with Gasteiger partial charge in [0.1, 0.15) is 11.8 Å². The fourth-order valence-corrected chi connectivity index (χ4v) is 3.44. The highest BCUT2D eigenvalue weighted by Gasteiger charge is 2.40. The fraction of sp³-hybridized carbons (Fsp3) is 0.538. The summed E-state index contributed by atoms with van der Waals surface area (Å²) in [6.45, 7) is 3.46. The van der Waals surface area contributed by atoms with Gasteiger partial charge >= 0.3 is 0 Å². The van der Waals surface area contributed by atoms with Gasteiger partial charge in [0.15, 0.2) is 5.82 Å².